The van der Waals surface area contributed by atoms with E-state index in [-0.39, 0.29) is 22.8 Å². The van der Waals surface area contributed by atoms with Crippen LogP contribution in [0.1, 0.15) is 21.5 Å². The van der Waals surface area contributed by atoms with Gasteiger partial charge in [0, 0.05) is 16.7 Å². The van der Waals surface area contributed by atoms with Gasteiger partial charge < -0.3 is 0 Å². The molecule has 2 nitrogen and oxygen atoms in total. The molecule has 0 saturated carbocycles. The summed E-state index contributed by atoms with van der Waals surface area (Å²) < 4.78 is 1.96. The molecule has 0 amide bonds. The van der Waals surface area contributed by atoms with Gasteiger partial charge in [-0.25, -0.2) is 0 Å². The Bertz CT molecular complexity index is 806. The molecule has 24 heavy (non-hydrogen) atoms. The second kappa shape index (κ2) is 8.02. The van der Waals surface area contributed by atoms with E-state index in [9.17, 15) is 4.79 Å². The maximum absolute atomic E-state index is 12.5. The fraction of sp³-hybridized carbons (Fsp3) is 0.143. The van der Waals surface area contributed by atoms with Gasteiger partial charge in [-0.3, -0.25) is 4.79 Å². The molecule has 0 aliphatic heterocycles. The molecular formula is C21H21BrNO+. The third kappa shape index (κ3) is 4.39. The van der Waals surface area contributed by atoms with Gasteiger partial charge in [-0.15, -0.1) is 17.0 Å². The van der Waals surface area contributed by atoms with Crippen molar-refractivity contribution in [1.82, 2.24) is 0 Å². The minimum Gasteiger partial charge on any atom is -0.287 e. The van der Waals surface area contributed by atoms with E-state index in [2.05, 4.69) is 18.2 Å². The van der Waals surface area contributed by atoms with Crippen LogP contribution in [0.2, 0.25) is 0 Å². The highest BCUT2D eigenvalue weighted by atomic mass is 79.9. The van der Waals surface area contributed by atoms with Crippen LogP contribution in [-0.4, -0.2) is 5.78 Å². The first-order valence-corrected chi connectivity index (χ1v) is 7.78. The first-order valence-electron chi connectivity index (χ1n) is 7.78. The third-order valence-electron chi connectivity index (χ3n) is 3.83. The Labute approximate surface area is 153 Å². The lowest BCUT2D eigenvalue weighted by atomic mass is 10.0. The van der Waals surface area contributed by atoms with Crippen molar-refractivity contribution in [2.24, 2.45) is 0 Å². The number of Topliss-reactive ketones (excluding diaryl/α,β-unsaturated/α-hetero) is 1. The fourth-order valence-electron chi connectivity index (χ4n) is 2.82. The topological polar surface area (TPSA) is 20.9 Å². The number of nitrogens with zero attached hydrogens (tertiary/aromatic N) is 1. The lowest BCUT2D eigenvalue weighted by molar-refractivity contribution is -0.683. The number of carbonyl (C=O) groups excluding carboxylic acids is 1. The molecular weight excluding hydrogens is 362 g/mol. The fourth-order valence-corrected chi connectivity index (χ4v) is 2.82. The van der Waals surface area contributed by atoms with Crippen molar-refractivity contribution in [3.63, 3.8) is 0 Å². The monoisotopic (exact) mass is 382 g/mol. The molecule has 0 unspecified atom stereocenters. The summed E-state index contributed by atoms with van der Waals surface area (Å²) >= 11 is 0. The van der Waals surface area contributed by atoms with Crippen LogP contribution in [0.4, 0.5) is 0 Å². The Morgan fingerprint density at radius 1 is 0.833 bits per heavy atom. The molecule has 0 atom stereocenters. The number of hydrogen-bond donors (Lipinski definition) is 0. The molecule has 0 radical (unpaired) electrons. The number of halogens is 1. The zero-order chi connectivity index (χ0) is 16.2. The quantitative estimate of drug-likeness (QED) is 0.472. The van der Waals surface area contributed by atoms with E-state index in [0.29, 0.717) is 6.54 Å². The summed E-state index contributed by atoms with van der Waals surface area (Å²) in [5.74, 6) is 0.125. The van der Waals surface area contributed by atoms with E-state index < -0.39 is 0 Å². The molecule has 0 bridgehead atoms. The van der Waals surface area contributed by atoms with Crippen LogP contribution in [0, 0.1) is 13.8 Å². The van der Waals surface area contributed by atoms with Gasteiger partial charge in [0.15, 0.2) is 12.4 Å². The van der Waals surface area contributed by atoms with E-state index in [4.69, 9.17) is 0 Å². The first kappa shape index (κ1) is 18.1. The maximum atomic E-state index is 12.5. The number of ketones is 1. The lowest BCUT2D eigenvalue weighted by Crippen LogP contribution is -2.38. The van der Waals surface area contributed by atoms with Crippen LogP contribution in [0.5, 0.6) is 0 Å². The van der Waals surface area contributed by atoms with E-state index in [1.807, 2.05) is 73.3 Å². The molecule has 0 fully saturated rings. The van der Waals surface area contributed by atoms with Gasteiger partial charge in [-0.1, -0.05) is 54.6 Å². The van der Waals surface area contributed by atoms with Crippen molar-refractivity contribution in [2.75, 3.05) is 0 Å². The van der Waals surface area contributed by atoms with Crippen molar-refractivity contribution in [2.45, 2.75) is 20.4 Å². The predicted molar refractivity (Wildman–Crippen MR) is 103 cm³/mol. The van der Waals surface area contributed by atoms with Crippen LogP contribution >= 0.6 is 17.0 Å². The van der Waals surface area contributed by atoms with E-state index in [1.54, 1.807) is 0 Å². The molecule has 3 heteroatoms. The van der Waals surface area contributed by atoms with Gasteiger partial charge >= 0.3 is 0 Å². The predicted octanol–water partition coefficient (Wildman–Crippen LogP) is 4.72. The second-order valence-electron chi connectivity index (χ2n) is 5.93. The van der Waals surface area contributed by atoms with Gasteiger partial charge in [-0.05, 0) is 31.0 Å². The number of benzene rings is 2. The van der Waals surface area contributed by atoms with Crippen LogP contribution in [0.15, 0.2) is 73.1 Å². The maximum Gasteiger partial charge on any atom is 0.227 e. The van der Waals surface area contributed by atoms with E-state index in [0.717, 1.165) is 27.8 Å². The molecule has 1 heterocycles. The van der Waals surface area contributed by atoms with Gasteiger partial charge in [0.05, 0.1) is 0 Å². The normalized spacial score (nSPS) is 10.1. The average Bonchev–Trinajstić information content (AvgIpc) is 2.55. The van der Waals surface area contributed by atoms with Gasteiger partial charge in [-0.2, -0.15) is 4.57 Å². The molecule has 0 N–H and O–H groups in total. The number of aromatic nitrogens is 1. The Hall–Kier alpha value is -2.26. The summed E-state index contributed by atoms with van der Waals surface area (Å²) in [6.07, 6.45) is 4.01. The Kier molecular flexibility index (Phi) is 6.04. The summed E-state index contributed by atoms with van der Waals surface area (Å²) in [7, 11) is 0. The van der Waals surface area contributed by atoms with Crippen LogP contribution in [0.3, 0.4) is 0 Å². The number of carbonyl (C=O) groups is 1. The number of rotatable bonds is 4. The number of aryl methyl sites for hydroxylation is 2. The number of pyridine rings is 1. The zero-order valence-electron chi connectivity index (χ0n) is 13.9. The van der Waals surface area contributed by atoms with Crippen molar-refractivity contribution in [3.8, 4) is 11.1 Å². The largest absolute Gasteiger partial charge is 0.287 e. The van der Waals surface area contributed by atoms with Crippen molar-refractivity contribution in [1.29, 1.82) is 0 Å². The Balaban J connectivity index is 0.00000208. The van der Waals surface area contributed by atoms with Crippen LogP contribution in [-0.2, 0) is 6.54 Å². The summed E-state index contributed by atoms with van der Waals surface area (Å²) in [6, 6.07) is 20.1. The standard InChI is InChI=1S/C21H20NO.BrH/c1-16-12-17(2)14-22(13-16)15-21(23)20-10-8-19(9-11-20)18-6-4-3-5-7-18;/h3-14H,15H2,1-2H3;1H/q+1;. The van der Waals surface area contributed by atoms with E-state index in [1.165, 1.54) is 0 Å². The van der Waals surface area contributed by atoms with E-state index >= 15 is 0 Å². The van der Waals surface area contributed by atoms with Gasteiger partial charge in [0.1, 0.15) is 0 Å². The molecule has 3 rings (SSSR count). The van der Waals surface area contributed by atoms with Crippen LogP contribution < -0.4 is 4.57 Å². The highest BCUT2D eigenvalue weighted by Crippen LogP contribution is 2.19. The minimum absolute atomic E-state index is 0. The highest BCUT2D eigenvalue weighted by molar-refractivity contribution is 8.93. The molecule has 0 saturated heterocycles. The van der Waals surface area contributed by atoms with Crippen molar-refractivity contribution in [3.05, 3.63) is 89.7 Å². The van der Waals surface area contributed by atoms with Crippen molar-refractivity contribution < 1.29 is 9.36 Å². The summed E-state index contributed by atoms with van der Waals surface area (Å²) in [5, 5.41) is 0. The summed E-state index contributed by atoms with van der Waals surface area (Å²) in [4.78, 5) is 12.5. The highest BCUT2D eigenvalue weighted by Gasteiger charge is 2.13. The molecule has 0 aliphatic carbocycles. The summed E-state index contributed by atoms with van der Waals surface area (Å²) in [6.45, 7) is 4.46. The van der Waals surface area contributed by atoms with Crippen molar-refractivity contribution >= 4 is 22.8 Å². The van der Waals surface area contributed by atoms with Gasteiger partial charge in [0.25, 0.3) is 0 Å². The average molecular weight is 383 g/mol. The smallest absolute Gasteiger partial charge is 0.227 e. The minimum atomic E-state index is 0. The SMILES string of the molecule is Br.Cc1cc(C)c[n+](CC(=O)c2ccc(-c3ccccc3)cc2)c1. The second-order valence-corrected chi connectivity index (χ2v) is 5.93. The Morgan fingerprint density at radius 2 is 1.38 bits per heavy atom. The van der Waals surface area contributed by atoms with Gasteiger partial charge in [0.2, 0.25) is 12.3 Å². The molecule has 122 valence electrons. The molecule has 1 aromatic heterocycles. The molecule has 0 spiro atoms. The molecule has 2 aromatic carbocycles. The number of hydrogen-bond acceptors (Lipinski definition) is 1. The molecule has 0 aliphatic rings. The third-order valence-corrected chi connectivity index (χ3v) is 3.83. The molecule has 3 aromatic rings. The lowest BCUT2D eigenvalue weighted by Gasteiger charge is -2.04. The van der Waals surface area contributed by atoms with Crippen LogP contribution in [0.25, 0.3) is 11.1 Å². The zero-order valence-corrected chi connectivity index (χ0v) is 15.6. The first-order chi connectivity index (χ1) is 11.1. The Morgan fingerprint density at radius 3 is 1.96 bits per heavy atom. The summed E-state index contributed by atoms with van der Waals surface area (Å²) in [5.41, 5.74) is 5.36.